The summed E-state index contributed by atoms with van der Waals surface area (Å²) in [7, 11) is 0. The zero-order valence-corrected chi connectivity index (χ0v) is 14.8. The van der Waals surface area contributed by atoms with Crippen LogP contribution in [0.5, 0.6) is 0 Å². The zero-order valence-electron chi connectivity index (χ0n) is 10.8. The summed E-state index contributed by atoms with van der Waals surface area (Å²) in [5.74, 6) is 0.112. The smallest absolute Gasteiger partial charge is 0.264 e. The van der Waals surface area contributed by atoms with Crippen LogP contribution >= 0.6 is 43.2 Å². The van der Waals surface area contributed by atoms with Gasteiger partial charge in [0.05, 0.1) is 14.8 Å². The average molecular weight is 411 g/mol. The summed E-state index contributed by atoms with van der Waals surface area (Å²) in [4.78, 5) is 15.1. The Morgan fingerprint density at radius 3 is 3.00 bits per heavy atom. The third-order valence-electron chi connectivity index (χ3n) is 3.08. The van der Waals surface area contributed by atoms with Gasteiger partial charge in [-0.15, -0.1) is 11.3 Å². The maximum absolute atomic E-state index is 12.4. The third kappa shape index (κ3) is 4.03. The van der Waals surface area contributed by atoms with Gasteiger partial charge in [-0.25, -0.2) is 0 Å². The summed E-state index contributed by atoms with van der Waals surface area (Å²) in [6, 6.07) is 1.88. The molecule has 0 radical (unpaired) electrons. The molecular weight excluding hydrogens is 394 g/mol. The minimum Gasteiger partial charge on any atom is -0.376 e. The van der Waals surface area contributed by atoms with Gasteiger partial charge in [0.1, 0.15) is 0 Å². The third-order valence-corrected chi connectivity index (χ3v) is 6.32. The minimum absolute atomic E-state index is 0.112. The van der Waals surface area contributed by atoms with Crippen LogP contribution < -0.4 is 0 Å². The first-order valence-electron chi connectivity index (χ1n) is 6.47. The summed E-state index contributed by atoms with van der Waals surface area (Å²) in [5, 5.41) is 0. The fraction of sp³-hybridized carbons (Fsp3) is 0.615. The van der Waals surface area contributed by atoms with E-state index in [0.717, 1.165) is 45.6 Å². The number of rotatable bonds is 4. The summed E-state index contributed by atoms with van der Waals surface area (Å²) in [6.45, 7) is 4.43. The first kappa shape index (κ1) is 15.5. The molecule has 2 heterocycles. The highest BCUT2D eigenvalue weighted by molar-refractivity contribution is 9.13. The van der Waals surface area contributed by atoms with Crippen LogP contribution in [0.1, 0.15) is 35.9 Å². The molecule has 0 spiro atoms. The number of carbonyl (C=O) groups is 1. The van der Waals surface area contributed by atoms with E-state index in [2.05, 4.69) is 38.8 Å². The van der Waals surface area contributed by atoms with E-state index in [9.17, 15) is 4.79 Å². The molecule has 1 aliphatic rings. The number of carbonyl (C=O) groups excluding carboxylic acids is 1. The van der Waals surface area contributed by atoms with Gasteiger partial charge in [-0.3, -0.25) is 4.79 Å². The number of hydrogen-bond donors (Lipinski definition) is 0. The monoisotopic (exact) mass is 409 g/mol. The highest BCUT2D eigenvalue weighted by atomic mass is 79.9. The van der Waals surface area contributed by atoms with Gasteiger partial charge >= 0.3 is 0 Å². The molecule has 0 aromatic carbocycles. The van der Waals surface area contributed by atoms with Crippen molar-refractivity contribution in [2.75, 3.05) is 19.7 Å². The molecule has 106 valence electrons. The highest BCUT2D eigenvalue weighted by Gasteiger charge is 2.26. The Morgan fingerprint density at radius 1 is 1.58 bits per heavy atom. The van der Waals surface area contributed by atoms with Gasteiger partial charge in [0.2, 0.25) is 0 Å². The van der Waals surface area contributed by atoms with Gasteiger partial charge in [-0.05, 0) is 57.2 Å². The molecule has 3 nitrogen and oxygen atoms in total. The minimum atomic E-state index is 0.112. The Kier molecular flexibility index (Phi) is 5.87. The molecule has 1 atom stereocenters. The fourth-order valence-corrected chi connectivity index (χ4v) is 4.15. The number of amides is 1. The van der Waals surface area contributed by atoms with Crippen LogP contribution in [0, 0.1) is 0 Å². The van der Waals surface area contributed by atoms with Crippen molar-refractivity contribution in [2.45, 2.75) is 32.3 Å². The molecule has 1 amide bonds. The van der Waals surface area contributed by atoms with Crippen molar-refractivity contribution in [1.29, 1.82) is 0 Å². The highest BCUT2D eigenvalue weighted by Crippen LogP contribution is 2.33. The van der Waals surface area contributed by atoms with Crippen molar-refractivity contribution in [3.8, 4) is 0 Å². The van der Waals surface area contributed by atoms with Gasteiger partial charge < -0.3 is 9.64 Å². The molecule has 1 unspecified atom stereocenters. The van der Waals surface area contributed by atoms with Crippen molar-refractivity contribution in [3.05, 3.63) is 19.2 Å². The molecule has 1 aromatic rings. The van der Waals surface area contributed by atoms with Gasteiger partial charge in [0, 0.05) is 24.2 Å². The lowest BCUT2D eigenvalue weighted by Crippen LogP contribution is -2.43. The van der Waals surface area contributed by atoms with Crippen molar-refractivity contribution in [2.24, 2.45) is 0 Å². The summed E-state index contributed by atoms with van der Waals surface area (Å²) in [6.07, 6.45) is 3.30. The number of hydrogen-bond acceptors (Lipinski definition) is 3. The molecule has 0 bridgehead atoms. The molecule has 1 aliphatic heterocycles. The molecular formula is C13H17Br2NO2S. The van der Waals surface area contributed by atoms with E-state index in [4.69, 9.17) is 4.74 Å². The molecule has 0 aliphatic carbocycles. The molecule has 0 saturated carbocycles. The second kappa shape index (κ2) is 7.20. The molecule has 0 N–H and O–H groups in total. The summed E-state index contributed by atoms with van der Waals surface area (Å²) in [5.41, 5.74) is 0. The lowest BCUT2D eigenvalue weighted by Gasteiger charge is -2.32. The normalized spacial score (nSPS) is 19.7. The predicted octanol–water partition coefficient (Wildman–Crippen LogP) is 4.30. The van der Waals surface area contributed by atoms with E-state index < -0.39 is 0 Å². The van der Waals surface area contributed by atoms with E-state index in [0.29, 0.717) is 6.54 Å². The van der Waals surface area contributed by atoms with Crippen molar-refractivity contribution in [3.63, 3.8) is 0 Å². The van der Waals surface area contributed by atoms with Gasteiger partial charge in [0.25, 0.3) is 5.91 Å². The van der Waals surface area contributed by atoms with E-state index >= 15 is 0 Å². The second-order valence-electron chi connectivity index (χ2n) is 4.62. The second-order valence-corrected chi connectivity index (χ2v) is 7.84. The van der Waals surface area contributed by atoms with Crippen LogP contribution in [-0.2, 0) is 4.74 Å². The number of likely N-dealkylation sites (tertiary alicyclic amines) is 1. The number of halogens is 2. The number of nitrogens with zero attached hydrogens (tertiary/aromatic N) is 1. The van der Waals surface area contributed by atoms with Crippen LogP contribution in [0.4, 0.5) is 0 Å². The standard InChI is InChI=1S/C13H17Br2NO2S/c1-2-6-18-9-4-3-5-16(8-9)13(17)11-7-10(14)12(15)19-11/h7,9H,2-6,8H2,1H3. The fourth-order valence-electron chi connectivity index (χ4n) is 2.15. The number of thiophene rings is 1. The van der Waals surface area contributed by atoms with Crippen LogP contribution in [-0.4, -0.2) is 36.6 Å². The zero-order chi connectivity index (χ0) is 13.8. The Hall–Kier alpha value is 0.0900. The summed E-state index contributed by atoms with van der Waals surface area (Å²) >= 11 is 8.33. The van der Waals surface area contributed by atoms with E-state index in [1.807, 2.05) is 11.0 Å². The molecule has 19 heavy (non-hydrogen) atoms. The Bertz CT molecular complexity index is 430. The van der Waals surface area contributed by atoms with Crippen LogP contribution in [0.25, 0.3) is 0 Å². The first-order chi connectivity index (χ1) is 9.11. The van der Waals surface area contributed by atoms with E-state index in [1.54, 1.807) is 0 Å². The maximum Gasteiger partial charge on any atom is 0.264 e. The molecule has 1 fully saturated rings. The quantitative estimate of drug-likeness (QED) is 0.740. The molecule has 1 saturated heterocycles. The van der Waals surface area contributed by atoms with Crippen molar-refractivity contribution in [1.82, 2.24) is 4.90 Å². The lowest BCUT2D eigenvalue weighted by atomic mass is 10.1. The number of piperidine rings is 1. The van der Waals surface area contributed by atoms with Crippen LogP contribution in [0.15, 0.2) is 14.3 Å². The van der Waals surface area contributed by atoms with Crippen molar-refractivity contribution < 1.29 is 9.53 Å². The maximum atomic E-state index is 12.4. The van der Waals surface area contributed by atoms with Gasteiger partial charge in [-0.2, -0.15) is 0 Å². The first-order valence-corrected chi connectivity index (χ1v) is 8.87. The van der Waals surface area contributed by atoms with E-state index in [-0.39, 0.29) is 12.0 Å². The summed E-state index contributed by atoms with van der Waals surface area (Å²) < 4.78 is 7.67. The molecule has 1 aromatic heterocycles. The number of ether oxygens (including phenoxy) is 1. The van der Waals surface area contributed by atoms with Gasteiger partial charge in [-0.1, -0.05) is 6.92 Å². The largest absolute Gasteiger partial charge is 0.376 e. The Balaban J connectivity index is 1.98. The van der Waals surface area contributed by atoms with Gasteiger partial charge in [0.15, 0.2) is 0 Å². The molecule has 2 rings (SSSR count). The Labute approximate surface area is 134 Å². The predicted molar refractivity (Wildman–Crippen MR) is 84.9 cm³/mol. The SMILES string of the molecule is CCCOC1CCCN(C(=O)c2cc(Br)c(Br)s2)C1. The van der Waals surface area contributed by atoms with Crippen LogP contribution in [0.3, 0.4) is 0 Å². The molecule has 6 heteroatoms. The Morgan fingerprint density at radius 2 is 2.37 bits per heavy atom. The van der Waals surface area contributed by atoms with Crippen LogP contribution in [0.2, 0.25) is 0 Å². The van der Waals surface area contributed by atoms with E-state index in [1.165, 1.54) is 11.3 Å². The average Bonchev–Trinajstić information content (AvgIpc) is 2.76. The van der Waals surface area contributed by atoms with Crippen molar-refractivity contribution >= 4 is 49.1 Å². The lowest BCUT2D eigenvalue weighted by molar-refractivity contribution is 0.00227. The topological polar surface area (TPSA) is 29.5 Å².